The van der Waals surface area contributed by atoms with Crippen molar-refractivity contribution in [1.29, 1.82) is 5.26 Å². The zero-order valence-corrected chi connectivity index (χ0v) is 14.4. The lowest BCUT2D eigenvalue weighted by atomic mass is 9.86. The van der Waals surface area contributed by atoms with Gasteiger partial charge in [-0.2, -0.15) is 5.26 Å². The summed E-state index contributed by atoms with van der Waals surface area (Å²) in [7, 11) is -3.49. The zero-order valence-electron chi connectivity index (χ0n) is 13.5. The number of rotatable bonds is 4. The van der Waals surface area contributed by atoms with Crippen LogP contribution < -0.4 is 5.32 Å². The van der Waals surface area contributed by atoms with Gasteiger partial charge in [0.15, 0.2) is 9.84 Å². The van der Waals surface area contributed by atoms with E-state index in [-0.39, 0.29) is 5.41 Å². The molecule has 0 aliphatic rings. The maximum Gasteiger partial charge on any atom is 0.239 e. The first-order valence-electron chi connectivity index (χ1n) is 6.96. The third-order valence-electron chi connectivity index (χ3n) is 3.54. The van der Waals surface area contributed by atoms with Crippen LogP contribution in [-0.2, 0) is 20.0 Å². The quantitative estimate of drug-likeness (QED) is 0.919. The van der Waals surface area contributed by atoms with Gasteiger partial charge in [0, 0.05) is 6.26 Å². The Morgan fingerprint density at radius 2 is 1.73 bits per heavy atom. The number of hydrogen-bond acceptors (Lipinski definition) is 4. The Kier molecular flexibility index (Phi) is 5.36. The van der Waals surface area contributed by atoms with E-state index in [9.17, 15) is 18.5 Å². The Labute approximate surface area is 132 Å². The van der Waals surface area contributed by atoms with Crippen LogP contribution in [0.15, 0.2) is 24.3 Å². The van der Waals surface area contributed by atoms with Crippen molar-refractivity contribution in [3.63, 3.8) is 0 Å². The molecule has 120 valence electrons. The van der Waals surface area contributed by atoms with E-state index < -0.39 is 27.0 Å². The van der Waals surface area contributed by atoms with Gasteiger partial charge in [-0.05, 0) is 23.5 Å². The van der Waals surface area contributed by atoms with Crippen molar-refractivity contribution in [3.05, 3.63) is 35.4 Å². The molecule has 0 unspecified atom stereocenters. The summed E-state index contributed by atoms with van der Waals surface area (Å²) in [4.78, 5) is 11.9. The second-order valence-electron chi connectivity index (χ2n) is 6.41. The van der Waals surface area contributed by atoms with Gasteiger partial charge >= 0.3 is 0 Å². The lowest BCUT2D eigenvalue weighted by Gasteiger charge is -2.20. The fourth-order valence-corrected chi connectivity index (χ4v) is 2.28. The minimum atomic E-state index is -3.49. The molecule has 0 saturated carbocycles. The molecule has 0 fully saturated rings. The lowest BCUT2D eigenvalue weighted by molar-refractivity contribution is -0.120. The average molecular weight is 322 g/mol. The predicted octanol–water partition coefficient (Wildman–Crippen LogP) is 2.10. The van der Waals surface area contributed by atoms with Crippen LogP contribution in [0.1, 0.15) is 44.9 Å². The van der Waals surface area contributed by atoms with Gasteiger partial charge in [0.2, 0.25) is 5.91 Å². The van der Waals surface area contributed by atoms with E-state index in [1.165, 1.54) is 6.92 Å². The van der Waals surface area contributed by atoms with E-state index in [0.29, 0.717) is 5.56 Å². The molecule has 6 heteroatoms. The molecule has 1 rings (SSSR count). The van der Waals surface area contributed by atoms with Crippen molar-refractivity contribution >= 4 is 15.7 Å². The number of nitrogens with zero attached hydrogens (tertiary/aromatic N) is 1. The first-order valence-corrected chi connectivity index (χ1v) is 8.91. The largest absolute Gasteiger partial charge is 0.336 e. The Balaban J connectivity index is 2.94. The standard InChI is InChI=1S/C16H22N2O3S/c1-11(22(5,20)21)15(19)18-14(10-17)12-6-8-13(9-7-12)16(2,3)4/h6-9,11,14H,1-5H3,(H,18,19)/t11-,14+/m0/s1. The molecule has 5 nitrogen and oxygen atoms in total. The fourth-order valence-electron chi connectivity index (χ4n) is 1.82. The number of sulfone groups is 1. The Hall–Kier alpha value is -1.87. The van der Waals surface area contributed by atoms with Crippen LogP contribution in [0.5, 0.6) is 0 Å². The number of nitrogens with one attached hydrogen (secondary N) is 1. The minimum absolute atomic E-state index is 0.00524. The normalized spacial score (nSPS) is 14.7. The van der Waals surface area contributed by atoms with Crippen molar-refractivity contribution in [2.45, 2.75) is 44.4 Å². The number of hydrogen-bond donors (Lipinski definition) is 1. The molecule has 1 amide bonds. The van der Waals surface area contributed by atoms with Gasteiger partial charge < -0.3 is 5.32 Å². The highest BCUT2D eigenvalue weighted by Crippen LogP contribution is 2.24. The predicted molar refractivity (Wildman–Crippen MR) is 85.9 cm³/mol. The molecule has 1 aromatic carbocycles. The molecule has 22 heavy (non-hydrogen) atoms. The van der Waals surface area contributed by atoms with Crippen LogP contribution in [-0.4, -0.2) is 25.8 Å². The third kappa shape index (κ3) is 4.57. The minimum Gasteiger partial charge on any atom is -0.336 e. The van der Waals surface area contributed by atoms with E-state index >= 15 is 0 Å². The summed E-state index contributed by atoms with van der Waals surface area (Å²) in [5.74, 6) is -0.672. The van der Waals surface area contributed by atoms with Gasteiger partial charge in [-0.15, -0.1) is 0 Å². The highest BCUT2D eigenvalue weighted by molar-refractivity contribution is 7.92. The van der Waals surface area contributed by atoms with E-state index in [1.54, 1.807) is 12.1 Å². The zero-order chi connectivity index (χ0) is 17.1. The summed E-state index contributed by atoms with van der Waals surface area (Å²) in [6.07, 6.45) is 0.997. The van der Waals surface area contributed by atoms with Crippen LogP contribution in [0.2, 0.25) is 0 Å². The Bertz CT molecular complexity index is 680. The number of nitriles is 1. The van der Waals surface area contributed by atoms with Crippen molar-refractivity contribution in [2.24, 2.45) is 0 Å². The van der Waals surface area contributed by atoms with Crippen molar-refractivity contribution in [2.75, 3.05) is 6.26 Å². The topological polar surface area (TPSA) is 87.0 Å². The van der Waals surface area contributed by atoms with E-state index in [2.05, 4.69) is 26.1 Å². The summed E-state index contributed by atoms with van der Waals surface area (Å²) in [6, 6.07) is 8.49. The number of carbonyl (C=O) groups is 1. The summed E-state index contributed by atoms with van der Waals surface area (Å²) in [6.45, 7) is 7.56. The van der Waals surface area contributed by atoms with Gasteiger partial charge in [-0.3, -0.25) is 4.79 Å². The highest BCUT2D eigenvalue weighted by atomic mass is 32.2. The third-order valence-corrected chi connectivity index (χ3v) is 5.04. The maximum absolute atomic E-state index is 11.9. The summed E-state index contributed by atoms with van der Waals surface area (Å²) >= 11 is 0. The van der Waals surface area contributed by atoms with Crippen LogP contribution in [0.25, 0.3) is 0 Å². The molecule has 1 aromatic rings. The van der Waals surface area contributed by atoms with Gasteiger partial charge in [-0.25, -0.2) is 8.42 Å². The monoisotopic (exact) mass is 322 g/mol. The summed E-state index contributed by atoms with van der Waals surface area (Å²) < 4.78 is 22.8. The lowest BCUT2D eigenvalue weighted by Crippen LogP contribution is -2.39. The average Bonchev–Trinajstić information content (AvgIpc) is 2.41. The van der Waals surface area contributed by atoms with E-state index in [4.69, 9.17) is 0 Å². The van der Waals surface area contributed by atoms with Crippen molar-refractivity contribution in [3.8, 4) is 6.07 Å². The van der Waals surface area contributed by atoms with E-state index in [1.807, 2.05) is 18.2 Å². The number of carbonyl (C=O) groups excluding carboxylic acids is 1. The van der Waals surface area contributed by atoms with Crippen LogP contribution in [0, 0.1) is 11.3 Å². The molecule has 1 N–H and O–H groups in total. The molecule has 0 bridgehead atoms. The molecule has 0 aliphatic carbocycles. The summed E-state index contributed by atoms with van der Waals surface area (Å²) in [5, 5.41) is 10.5. The van der Waals surface area contributed by atoms with Gasteiger partial charge in [0.25, 0.3) is 0 Å². The summed E-state index contributed by atoms with van der Waals surface area (Å²) in [5.41, 5.74) is 1.74. The van der Waals surface area contributed by atoms with Gasteiger partial charge in [-0.1, -0.05) is 45.0 Å². The molecular weight excluding hydrogens is 300 g/mol. The SMILES string of the molecule is C[C@@H](C(=O)N[C@H](C#N)c1ccc(C(C)(C)C)cc1)S(C)(=O)=O. The smallest absolute Gasteiger partial charge is 0.239 e. The van der Waals surface area contributed by atoms with Crippen molar-refractivity contribution in [1.82, 2.24) is 5.32 Å². The van der Waals surface area contributed by atoms with E-state index in [0.717, 1.165) is 11.8 Å². The maximum atomic E-state index is 11.9. The number of benzene rings is 1. The molecule has 0 heterocycles. The Morgan fingerprint density at radius 3 is 2.09 bits per heavy atom. The molecule has 2 atom stereocenters. The van der Waals surface area contributed by atoms with Crippen molar-refractivity contribution < 1.29 is 13.2 Å². The number of amides is 1. The van der Waals surface area contributed by atoms with Gasteiger partial charge in [0.05, 0.1) is 6.07 Å². The highest BCUT2D eigenvalue weighted by Gasteiger charge is 2.26. The molecule has 0 aliphatic heterocycles. The van der Waals surface area contributed by atoms with Crippen LogP contribution in [0.3, 0.4) is 0 Å². The van der Waals surface area contributed by atoms with Crippen LogP contribution in [0.4, 0.5) is 0 Å². The first kappa shape index (κ1) is 18.2. The molecule has 0 saturated heterocycles. The molecule has 0 aromatic heterocycles. The first-order chi connectivity index (χ1) is 9.96. The van der Waals surface area contributed by atoms with Crippen LogP contribution >= 0.6 is 0 Å². The fraction of sp³-hybridized carbons (Fsp3) is 0.500. The van der Waals surface area contributed by atoms with Gasteiger partial charge in [0.1, 0.15) is 11.3 Å². The molecule has 0 radical (unpaired) electrons. The Morgan fingerprint density at radius 1 is 1.23 bits per heavy atom. The molecular formula is C16H22N2O3S. The second kappa shape index (κ2) is 6.49. The molecule has 0 spiro atoms. The second-order valence-corrected chi connectivity index (χ2v) is 8.78.